The second kappa shape index (κ2) is 11.2. The van der Waals surface area contributed by atoms with E-state index in [9.17, 15) is 14.7 Å². The lowest BCUT2D eigenvalue weighted by atomic mass is 9.95. The zero-order chi connectivity index (χ0) is 26.5. The van der Waals surface area contributed by atoms with Gasteiger partial charge in [0.1, 0.15) is 23.0 Å². The van der Waals surface area contributed by atoms with Crippen LogP contribution < -0.4 is 14.2 Å². The molecule has 37 heavy (non-hydrogen) atoms. The summed E-state index contributed by atoms with van der Waals surface area (Å²) in [6.45, 7) is 6.34. The van der Waals surface area contributed by atoms with Crippen molar-refractivity contribution in [1.29, 1.82) is 0 Å². The summed E-state index contributed by atoms with van der Waals surface area (Å²) in [4.78, 5) is 28.2. The number of aliphatic hydroxyl groups excluding tert-OH is 1. The van der Waals surface area contributed by atoms with Crippen LogP contribution >= 0.6 is 0 Å². The van der Waals surface area contributed by atoms with Crippen LogP contribution in [0.4, 0.5) is 0 Å². The molecule has 1 aliphatic heterocycles. The number of carbonyl (C=O) groups is 2. The fourth-order valence-corrected chi connectivity index (χ4v) is 4.40. The topological polar surface area (TPSA) is 85.3 Å². The third-order valence-corrected chi connectivity index (χ3v) is 6.02. The Morgan fingerprint density at radius 2 is 1.65 bits per heavy atom. The van der Waals surface area contributed by atoms with Gasteiger partial charge in [-0.15, -0.1) is 0 Å². The van der Waals surface area contributed by atoms with Crippen LogP contribution in [0.25, 0.3) is 5.76 Å². The number of methoxy groups -OCH3 is 1. The molecule has 1 aliphatic rings. The predicted octanol–water partition coefficient (Wildman–Crippen LogP) is 5.50. The number of rotatable bonds is 9. The van der Waals surface area contributed by atoms with Gasteiger partial charge in [0.05, 0.1) is 31.4 Å². The van der Waals surface area contributed by atoms with Crippen LogP contribution in [-0.4, -0.2) is 41.5 Å². The van der Waals surface area contributed by atoms with Gasteiger partial charge in [0.2, 0.25) is 0 Å². The summed E-state index contributed by atoms with van der Waals surface area (Å²) in [6.07, 6.45) is -0.0535. The Labute approximate surface area is 216 Å². The number of benzene rings is 3. The second-order valence-corrected chi connectivity index (χ2v) is 8.98. The molecule has 1 N–H and O–H groups in total. The summed E-state index contributed by atoms with van der Waals surface area (Å²) in [7, 11) is 1.58. The summed E-state index contributed by atoms with van der Waals surface area (Å²) in [5, 5.41) is 11.4. The van der Waals surface area contributed by atoms with Crippen molar-refractivity contribution < 1.29 is 28.9 Å². The average molecular weight is 502 g/mol. The molecule has 1 amide bonds. The molecule has 1 heterocycles. The van der Waals surface area contributed by atoms with Crippen molar-refractivity contribution in [3.63, 3.8) is 0 Å². The molecule has 4 rings (SSSR count). The average Bonchev–Trinajstić information content (AvgIpc) is 3.14. The minimum absolute atomic E-state index is 0.0221. The van der Waals surface area contributed by atoms with Gasteiger partial charge in [-0.2, -0.15) is 0 Å². The van der Waals surface area contributed by atoms with Gasteiger partial charge in [0.25, 0.3) is 11.7 Å². The van der Waals surface area contributed by atoms with Crippen LogP contribution in [0.1, 0.15) is 43.5 Å². The van der Waals surface area contributed by atoms with E-state index >= 15 is 0 Å². The Balaban J connectivity index is 1.83. The monoisotopic (exact) mass is 501 g/mol. The number of likely N-dealkylation sites (tertiary alicyclic amines) is 1. The van der Waals surface area contributed by atoms with E-state index in [1.54, 1.807) is 43.5 Å². The molecule has 0 spiro atoms. The summed E-state index contributed by atoms with van der Waals surface area (Å²) < 4.78 is 16.7. The molecule has 0 aliphatic carbocycles. The Kier molecular flexibility index (Phi) is 7.82. The van der Waals surface area contributed by atoms with Crippen LogP contribution in [-0.2, 0) is 16.1 Å². The van der Waals surface area contributed by atoms with Gasteiger partial charge in [-0.3, -0.25) is 9.59 Å². The zero-order valence-corrected chi connectivity index (χ0v) is 21.4. The molecular weight excluding hydrogens is 470 g/mol. The summed E-state index contributed by atoms with van der Waals surface area (Å²) in [5.41, 5.74) is 1.90. The van der Waals surface area contributed by atoms with Gasteiger partial charge in [-0.05, 0) is 68.3 Å². The SMILES string of the molecule is CCOc1cccc(/C(O)=C2/C(=O)C(=O)N(Cc3ccc(OC)cc3)C2c2cccc(OC(C)C)c2)c1. The molecular formula is C30H31NO6. The van der Waals surface area contributed by atoms with Crippen LogP contribution in [0.3, 0.4) is 0 Å². The maximum absolute atomic E-state index is 13.4. The fraction of sp³-hybridized carbons (Fsp3) is 0.267. The molecule has 7 nitrogen and oxygen atoms in total. The zero-order valence-electron chi connectivity index (χ0n) is 21.4. The first-order valence-corrected chi connectivity index (χ1v) is 12.2. The van der Waals surface area contributed by atoms with E-state index in [0.717, 1.165) is 5.56 Å². The molecule has 1 atom stereocenters. The highest BCUT2D eigenvalue weighted by atomic mass is 16.5. The van der Waals surface area contributed by atoms with Crippen molar-refractivity contribution >= 4 is 17.4 Å². The number of ether oxygens (including phenoxy) is 3. The number of amides is 1. The molecule has 3 aromatic carbocycles. The number of carbonyl (C=O) groups excluding carboxylic acids is 2. The third-order valence-electron chi connectivity index (χ3n) is 6.02. The Bertz CT molecular complexity index is 1310. The minimum Gasteiger partial charge on any atom is -0.507 e. The van der Waals surface area contributed by atoms with Gasteiger partial charge >= 0.3 is 0 Å². The largest absolute Gasteiger partial charge is 0.507 e. The van der Waals surface area contributed by atoms with Crippen molar-refractivity contribution in [3.8, 4) is 17.2 Å². The Morgan fingerprint density at radius 3 is 2.32 bits per heavy atom. The van der Waals surface area contributed by atoms with Gasteiger partial charge in [-0.25, -0.2) is 0 Å². The standard InChI is InChI=1S/C30H31NO6/c1-5-36-24-10-7-9-22(17-24)28(32)26-27(21-8-6-11-25(16-21)37-19(2)3)31(30(34)29(26)33)18-20-12-14-23(35-4)15-13-20/h6-17,19,27,32H,5,18H2,1-4H3/b28-26-. The van der Waals surface area contributed by atoms with E-state index in [-0.39, 0.29) is 24.0 Å². The van der Waals surface area contributed by atoms with E-state index in [1.807, 2.05) is 57.2 Å². The molecule has 0 saturated carbocycles. The maximum atomic E-state index is 13.4. The van der Waals surface area contributed by atoms with Gasteiger partial charge in [-0.1, -0.05) is 36.4 Å². The first-order valence-electron chi connectivity index (χ1n) is 12.2. The second-order valence-electron chi connectivity index (χ2n) is 8.98. The van der Waals surface area contributed by atoms with E-state index in [4.69, 9.17) is 14.2 Å². The lowest BCUT2D eigenvalue weighted by Crippen LogP contribution is -2.29. The predicted molar refractivity (Wildman–Crippen MR) is 141 cm³/mol. The van der Waals surface area contributed by atoms with Gasteiger partial charge in [0, 0.05) is 12.1 Å². The number of hydrogen-bond donors (Lipinski definition) is 1. The van der Waals surface area contributed by atoms with Crippen molar-refractivity contribution in [1.82, 2.24) is 4.90 Å². The van der Waals surface area contributed by atoms with Crippen molar-refractivity contribution in [2.24, 2.45) is 0 Å². The highest BCUT2D eigenvalue weighted by molar-refractivity contribution is 6.46. The highest BCUT2D eigenvalue weighted by Gasteiger charge is 2.46. The van der Waals surface area contributed by atoms with Crippen molar-refractivity contribution in [2.75, 3.05) is 13.7 Å². The number of aliphatic hydroxyl groups is 1. The molecule has 7 heteroatoms. The smallest absolute Gasteiger partial charge is 0.295 e. The molecule has 192 valence electrons. The molecule has 0 bridgehead atoms. The van der Waals surface area contributed by atoms with Crippen molar-refractivity contribution in [2.45, 2.75) is 39.5 Å². The van der Waals surface area contributed by atoms with Gasteiger partial charge in [0.15, 0.2) is 0 Å². The molecule has 0 radical (unpaired) electrons. The molecule has 1 saturated heterocycles. The number of hydrogen-bond acceptors (Lipinski definition) is 6. The highest BCUT2D eigenvalue weighted by Crippen LogP contribution is 2.41. The lowest BCUT2D eigenvalue weighted by Gasteiger charge is -2.26. The first-order chi connectivity index (χ1) is 17.8. The van der Waals surface area contributed by atoms with Crippen LogP contribution in [0, 0.1) is 0 Å². The quantitative estimate of drug-likeness (QED) is 0.237. The maximum Gasteiger partial charge on any atom is 0.295 e. The Hall–Kier alpha value is -4.26. The summed E-state index contributed by atoms with van der Waals surface area (Å²) >= 11 is 0. The minimum atomic E-state index is -0.812. The van der Waals surface area contributed by atoms with Crippen LogP contribution in [0.2, 0.25) is 0 Å². The number of nitrogens with zero attached hydrogens (tertiary/aromatic N) is 1. The Morgan fingerprint density at radius 1 is 0.946 bits per heavy atom. The summed E-state index contributed by atoms with van der Waals surface area (Å²) in [5.74, 6) is 0.183. The third kappa shape index (κ3) is 5.61. The van der Waals surface area contributed by atoms with Gasteiger partial charge < -0.3 is 24.2 Å². The molecule has 1 unspecified atom stereocenters. The molecule has 3 aromatic rings. The fourth-order valence-electron chi connectivity index (χ4n) is 4.40. The number of Topliss-reactive ketones (excluding diaryl/α,β-unsaturated/α-hetero) is 1. The molecule has 1 fully saturated rings. The van der Waals surface area contributed by atoms with Crippen LogP contribution in [0.5, 0.6) is 17.2 Å². The van der Waals surface area contributed by atoms with Crippen LogP contribution in [0.15, 0.2) is 78.4 Å². The van der Waals surface area contributed by atoms with E-state index < -0.39 is 17.7 Å². The van der Waals surface area contributed by atoms with E-state index in [1.165, 1.54) is 4.90 Å². The van der Waals surface area contributed by atoms with Crippen molar-refractivity contribution in [3.05, 3.63) is 95.1 Å². The number of ketones is 1. The van der Waals surface area contributed by atoms with E-state index in [2.05, 4.69) is 0 Å². The summed E-state index contributed by atoms with van der Waals surface area (Å²) in [6, 6.07) is 20.6. The molecule has 0 aromatic heterocycles. The normalized spacial score (nSPS) is 16.8. The lowest BCUT2D eigenvalue weighted by molar-refractivity contribution is -0.140. The first kappa shape index (κ1) is 25.8. The van der Waals surface area contributed by atoms with E-state index in [0.29, 0.717) is 35.0 Å².